The maximum absolute atomic E-state index is 13.1. The van der Waals surface area contributed by atoms with Gasteiger partial charge in [-0.1, -0.05) is 12.1 Å². The summed E-state index contributed by atoms with van der Waals surface area (Å²) in [4.78, 5) is 34.3. The second kappa shape index (κ2) is 8.96. The van der Waals surface area contributed by atoms with Crippen LogP contribution in [0.1, 0.15) is 48.4 Å². The Morgan fingerprint density at radius 2 is 2.03 bits per heavy atom. The van der Waals surface area contributed by atoms with Crippen LogP contribution in [0, 0.1) is 0 Å². The number of anilines is 1. The number of nitrogens with zero attached hydrogens (tertiary/aromatic N) is 4. The normalized spacial score (nSPS) is 17.6. The minimum atomic E-state index is -4.45. The van der Waals surface area contributed by atoms with Gasteiger partial charge in [-0.15, -0.1) is 0 Å². The number of nitrogens with one attached hydrogen (secondary N) is 1. The predicted octanol–water partition coefficient (Wildman–Crippen LogP) is 4.38. The number of amides is 1. The van der Waals surface area contributed by atoms with Gasteiger partial charge in [-0.05, 0) is 43.5 Å². The highest BCUT2D eigenvalue weighted by Crippen LogP contribution is 2.32. The largest absolute Gasteiger partial charge is 0.465 e. The molecule has 2 aromatic heterocycles. The van der Waals surface area contributed by atoms with Gasteiger partial charge in [0.1, 0.15) is 17.8 Å². The molecule has 2 atom stereocenters. The quantitative estimate of drug-likeness (QED) is 0.581. The molecule has 0 bridgehead atoms. The van der Waals surface area contributed by atoms with E-state index in [0.717, 1.165) is 12.1 Å². The molecule has 180 valence electrons. The smallest absolute Gasteiger partial charge is 0.416 e. The first-order valence-corrected chi connectivity index (χ1v) is 10.8. The number of carbonyl (C=O) groups is 1. The van der Waals surface area contributed by atoms with Crippen molar-refractivity contribution in [2.45, 2.75) is 37.9 Å². The van der Waals surface area contributed by atoms with Crippen LogP contribution in [0.4, 0.5) is 23.8 Å². The maximum atomic E-state index is 13.1. The molecular weight excluding hydrogens is 451 g/mol. The summed E-state index contributed by atoms with van der Waals surface area (Å²) in [7, 11) is 1.58. The lowest BCUT2D eigenvalue weighted by molar-refractivity contribution is -0.137. The molecule has 0 aliphatic carbocycles. The highest BCUT2D eigenvalue weighted by Gasteiger charge is 2.31. The van der Waals surface area contributed by atoms with Crippen LogP contribution in [0.25, 0.3) is 11.0 Å². The number of likely N-dealkylation sites (tertiary alicyclic amines) is 1. The van der Waals surface area contributed by atoms with Crippen molar-refractivity contribution in [3.8, 4) is 0 Å². The van der Waals surface area contributed by atoms with Crippen LogP contribution in [0.5, 0.6) is 0 Å². The zero-order chi connectivity index (χ0) is 24.6. The van der Waals surface area contributed by atoms with Crippen LogP contribution in [-0.4, -0.2) is 43.7 Å². The summed E-state index contributed by atoms with van der Waals surface area (Å²) >= 11 is 0. The van der Waals surface area contributed by atoms with Crippen LogP contribution < -0.4 is 10.9 Å². The first-order chi connectivity index (χ1) is 16.1. The number of benzene rings is 1. The highest BCUT2D eigenvalue weighted by molar-refractivity contribution is 5.87. The third-order valence-electron chi connectivity index (χ3n) is 6.23. The fourth-order valence-electron chi connectivity index (χ4n) is 4.38. The van der Waals surface area contributed by atoms with Crippen molar-refractivity contribution in [2.75, 3.05) is 18.4 Å². The SMILES string of the molecule is CC(Nc1ncnc2c1cc([C@@H]1CCCN(C(=O)O)C1)c(=O)n2C)c1cccc(C(F)(F)F)c1. The van der Waals surface area contributed by atoms with Crippen LogP contribution in [0.3, 0.4) is 0 Å². The van der Waals surface area contributed by atoms with E-state index in [2.05, 4.69) is 15.3 Å². The summed E-state index contributed by atoms with van der Waals surface area (Å²) < 4.78 is 40.8. The van der Waals surface area contributed by atoms with Crippen molar-refractivity contribution in [3.63, 3.8) is 0 Å². The van der Waals surface area contributed by atoms with Gasteiger partial charge in [0.15, 0.2) is 0 Å². The minimum Gasteiger partial charge on any atom is -0.465 e. The van der Waals surface area contributed by atoms with E-state index < -0.39 is 23.9 Å². The molecule has 1 aromatic carbocycles. The molecule has 8 nitrogen and oxygen atoms in total. The Hall–Kier alpha value is -3.63. The van der Waals surface area contributed by atoms with Gasteiger partial charge < -0.3 is 15.3 Å². The second-order valence-corrected chi connectivity index (χ2v) is 8.48. The van der Waals surface area contributed by atoms with Gasteiger partial charge in [-0.2, -0.15) is 13.2 Å². The van der Waals surface area contributed by atoms with Crippen LogP contribution in [0.15, 0.2) is 41.5 Å². The van der Waals surface area contributed by atoms with Gasteiger partial charge in [0.05, 0.1) is 10.9 Å². The molecule has 4 rings (SSSR count). The molecule has 0 spiro atoms. The number of rotatable bonds is 4. The summed E-state index contributed by atoms with van der Waals surface area (Å²) in [6.45, 7) is 2.36. The van der Waals surface area contributed by atoms with E-state index in [0.29, 0.717) is 47.4 Å². The monoisotopic (exact) mass is 475 g/mol. The van der Waals surface area contributed by atoms with Crippen LogP contribution >= 0.6 is 0 Å². The zero-order valence-electron chi connectivity index (χ0n) is 18.6. The Morgan fingerprint density at radius 1 is 1.26 bits per heavy atom. The van der Waals surface area contributed by atoms with E-state index >= 15 is 0 Å². The van der Waals surface area contributed by atoms with Crippen molar-refractivity contribution in [3.05, 3.63) is 63.7 Å². The summed E-state index contributed by atoms with van der Waals surface area (Å²) in [6.07, 6.45) is -2.88. The van der Waals surface area contributed by atoms with Crippen molar-refractivity contribution in [1.29, 1.82) is 0 Å². The van der Waals surface area contributed by atoms with Gasteiger partial charge in [-0.25, -0.2) is 14.8 Å². The van der Waals surface area contributed by atoms with E-state index in [-0.39, 0.29) is 18.0 Å². The van der Waals surface area contributed by atoms with Crippen molar-refractivity contribution in [1.82, 2.24) is 19.4 Å². The molecule has 0 radical (unpaired) electrons. The number of halogens is 3. The van der Waals surface area contributed by atoms with Gasteiger partial charge in [0, 0.05) is 37.7 Å². The molecule has 1 fully saturated rings. The van der Waals surface area contributed by atoms with E-state index in [1.165, 1.54) is 21.9 Å². The Kier molecular flexibility index (Phi) is 6.20. The lowest BCUT2D eigenvalue weighted by atomic mass is 9.91. The number of aryl methyl sites for hydroxylation is 1. The molecule has 3 aromatic rings. The lowest BCUT2D eigenvalue weighted by Gasteiger charge is -2.31. The first kappa shape index (κ1) is 23.5. The highest BCUT2D eigenvalue weighted by atomic mass is 19.4. The lowest BCUT2D eigenvalue weighted by Crippen LogP contribution is -2.40. The maximum Gasteiger partial charge on any atom is 0.416 e. The molecule has 1 saturated heterocycles. The van der Waals surface area contributed by atoms with Crippen LogP contribution in [-0.2, 0) is 13.2 Å². The van der Waals surface area contributed by atoms with E-state index in [1.807, 2.05) is 0 Å². The Balaban J connectivity index is 1.72. The number of carboxylic acid groups (broad SMARTS) is 1. The number of pyridine rings is 1. The molecule has 11 heteroatoms. The fourth-order valence-corrected chi connectivity index (χ4v) is 4.38. The average molecular weight is 475 g/mol. The number of aromatic nitrogens is 3. The topological polar surface area (TPSA) is 100 Å². The second-order valence-electron chi connectivity index (χ2n) is 8.48. The number of alkyl halides is 3. The molecule has 1 unspecified atom stereocenters. The molecule has 1 amide bonds. The molecule has 0 saturated carbocycles. The minimum absolute atomic E-state index is 0.215. The van der Waals surface area contributed by atoms with E-state index in [4.69, 9.17) is 0 Å². The van der Waals surface area contributed by atoms with Crippen molar-refractivity contribution >= 4 is 22.9 Å². The molecule has 3 heterocycles. The number of fused-ring (bicyclic) bond motifs is 1. The molecular formula is C23H24F3N5O3. The summed E-state index contributed by atoms with van der Waals surface area (Å²) in [5.74, 6) is 0.0968. The summed E-state index contributed by atoms with van der Waals surface area (Å²) in [6, 6.07) is 6.22. The van der Waals surface area contributed by atoms with Gasteiger partial charge >= 0.3 is 12.3 Å². The fraction of sp³-hybridized carbons (Fsp3) is 0.391. The molecule has 1 aliphatic heterocycles. The van der Waals surface area contributed by atoms with Crippen molar-refractivity contribution < 1.29 is 23.1 Å². The van der Waals surface area contributed by atoms with E-state index in [1.54, 1.807) is 26.1 Å². The van der Waals surface area contributed by atoms with Crippen molar-refractivity contribution in [2.24, 2.45) is 7.05 Å². The summed E-state index contributed by atoms with van der Waals surface area (Å²) in [5.41, 5.74) is 0.256. The first-order valence-electron chi connectivity index (χ1n) is 10.8. The standard InChI is InChI=1S/C23H24F3N5O3/c1-13(14-5-3-7-16(9-14)23(24,25)26)29-19-18-10-17(15-6-4-8-31(11-15)22(33)34)21(32)30(2)20(18)28-12-27-19/h3,5,7,9-10,12-13,15H,4,6,8,11H2,1-2H3,(H,33,34)(H,27,28,29)/t13?,15-/m1/s1. The predicted molar refractivity (Wildman–Crippen MR) is 120 cm³/mol. The Labute approximate surface area is 193 Å². The third-order valence-corrected chi connectivity index (χ3v) is 6.23. The van der Waals surface area contributed by atoms with Gasteiger partial charge in [0.2, 0.25) is 0 Å². The number of hydrogen-bond acceptors (Lipinski definition) is 5. The van der Waals surface area contributed by atoms with Gasteiger partial charge in [0.25, 0.3) is 5.56 Å². The number of piperidine rings is 1. The third kappa shape index (κ3) is 4.55. The summed E-state index contributed by atoms with van der Waals surface area (Å²) in [5, 5.41) is 13.0. The zero-order valence-corrected chi connectivity index (χ0v) is 18.6. The van der Waals surface area contributed by atoms with Crippen LogP contribution in [0.2, 0.25) is 0 Å². The van der Waals surface area contributed by atoms with Gasteiger partial charge in [-0.3, -0.25) is 9.36 Å². The number of hydrogen-bond donors (Lipinski definition) is 2. The Bertz CT molecular complexity index is 1290. The molecule has 1 aliphatic rings. The average Bonchev–Trinajstić information content (AvgIpc) is 2.81. The van der Waals surface area contributed by atoms with E-state index in [9.17, 15) is 27.9 Å². The Morgan fingerprint density at radius 3 is 2.74 bits per heavy atom. The molecule has 2 N–H and O–H groups in total. The molecule has 34 heavy (non-hydrogen) atoms.